The molecule has 1 aromatic carbocycles. The molecule has 34 heavy (non-hydrogen) atoms. The summed E-state index contributed by atoms with van der Waals surface area (Å²) >= 11 is 0. The molecule has 1 heterocycles. The lowest BCUT2D eigenvalue weighted by molar-refractivity contribution is -0.143. The predicted octanol–water partition coefficient (Wildman–Crippen LogP) is 2.67. The molecule has 1 fully saturated rings. The van der Waals surface area contributed by atoms with Crippen molar-refractivity contribution in [1.82, 2.24) is 15.1 Å². The molecule has 1 saturated heterocycles. The van der Waals surface area contributed by atoms with Gasteiger partial charge >= 0.3 is 0 Å². The lowest BCUT2D eigenvalue weighted by Crippen LogP contribution is -2.50. The maximum atomic E-state index is 13.3. The molecule has 0 spiro atoms. The number of benzene rings is 1. The summed E-state index contributed by atoms with van der Waals surface area (Å²) in [5.41, 5.74) is 0.850. The minimum absolute atomic E-state index is 0.00955. The largest absolute Gasteiger partial charge is 0.497 e. The Balaban J connectivity index is 1.72. The molecule has 2 aliphatic rings. The highest BCUT2D eigenvalue weighted by molar-refractivity contribution is 6.05. The van der Waals surface area contributed by atoms with Crippen LogP contribution < -0.4 is 10.1 Å². The molecule has 1 N–H and O–H groups in total. The fourth-order valence-electron chi connectivity index (χ4n) is 4.42. The Hall–Kier alpha value is -3.16. The van der Waals surface area contributed by atoms with E-state index in [0.29, 0.717) is 18.6 Å². The van der Waals surface area contributed by atoms with Crippen molar-refractivity contribution < 1.29 is 23.9 Å². The topological polar surface area (TPSA) is 96.0 Å². The summed E-state index contributed by atoms with van der Waals surface area (Å²) in [6.07, 6.45) is 5.76. The average molecular weight is 470 g/mol. The van der Waals surface area contributed by atoms with Crippen molar-refractivity contribution in [1.29, 1.82) is 0 Å². The second-order valence-electron chi connectivity index (χ2n) is 9.10. The van der Waals surface area contributed by atoms with Gasteiger partial charge < -0.3 is 15.0 Å². The van der Waals surface area contributed by atoms with E-state index >= 15 is 0 Å². The molecule has 4 amide bonds. The van der Waals surface area contributed by atoms with Crippen LogP contribution in [0.2, 0.25) is 0 Å². The number of carbonyl (C=O) groups is 4. The number of allylic oxidation sites excluding steroid dienone is 2. The number of hydrogen-bond acceptors (Lipinski definition) is 5. The molecular weight excluding hydrogens is 434 g/mol. The smallest absolute Gasteiger partial charge is 0.242 e. The number of nitrogens with zero attached hydrogens (tertiary/aromatic N) is 2. The van der Waals surface area contributed by atoms with E-state index in [1.807, 2.05) is 38.1 Å². The molecule has 0 aromatic heterocycles. The zero-order valence-electron chi connectivity index (χ0n) is 20.5. The van der Waals surface area contributed by atoms with Gasteiger partial charge in [-0.25, -0.2) is 0 Å². The monoisotopic (exact) mass is 469 g/mol. The van der Waals surface area contributed by atoms with E-state index in [-0.39, 0.29) is 61.0 Å². The van der Waals surface area contributed by atoms with E-state index in [9.17, 15) is 19.2 Å². The highest BCUT2D eigenvalue weighted by Crippen LogP contribution is 2.35. The van der Waals surface area contributed by atoms with Gasteiger partial charge in [0.15, 0.2) is 0 Å². The number of amides is 4. The molecule has 1 aliphatic heterocycles. The molecule has 3 rings (SSSR count). The number of imide groups is 1. The van der Waals surface area contributed by atoms with Gasteiger partial charge in [-0.05, 0) is 50.8 Å². The molecular formula is C26H35N3O5. The van der Waals surface area contributed by atoms with Crippen LogP contribution in [0.3, 0.4) is 0 Å². The fraction of sp³-hybridized carbons (Fsp3) is 0.538. The van der Waals surface area contributed by atoms with Gasteiger partial charge in [-0.1, -0.05) is 31.2 Å². The molecule has 1 aromatic rings. The third-order valence-electron chi connectivity index (χ3n) is 6.83. The lowest BCUT2D eigenvalue weighted by Gasteiger charge is -2.30. The molecule has 8 nitrogen and oxygen atoms in total. The molecule has 184 valence electrons. The second-order valence-corrected chi connectivity index (χ2v) is 9.10. The van der Waals surface area contributed by atoms with Crippen molar-refractivity contribution in [2.45, 2.75) is 65.1 Å². The first-order valence-electron chi connectivity index (χ1n) is 12.0. The molecule has 0 bridgehead atoms. The summed E-state index contributed by atoms with van der Waals surface area (Å²) in [5.74, 6) is -0.844. The molecule has 0 radical (unpaired) electrons. The highest BCUT2D eigenvalue weighted by atomic mass is 16.5. The third-order valence-corrected chi connectivity index (χ3v) is 6.83. The normalized spacial score (nSPS) is 21.1. The third kappa shape index (κ3) is 5.66. The van der Waals surface area contributed by atoms with Gasteiger partial charge in [-0.2, -0.15) is 0 Å². The number of hydrogen-bond donors (Lipinski definition) is 1. The van der Waals surface area contributed by atoms with Crippen molar-refractivity contribution in [3.8, 4) is 5.75 Å². The maximum absolute atomic E-state index is 13.3. The van der Waals surface area contributed by atoms with E-state index in [1.54, 1.807) is 26.2 Å². The van der Waals surface area contributed by atoms with Crippen molar-refractivity contribution in [2.24, 2.45) is 11.8 Å². The predicted molar refractivity (Wildman–Crippen MR) is 128 cm³/mol. The quantitative estimate of drug-likeness (QED) is 0.420. The number of methoxy groups -OCH3 is 1. The van der Waals surface area contributed by atoms with Crippen molar-refractivity contribution >= 4 is 23.6 Å². The summed E-state index contributed by atoms with van der Waals surface area (Å²) < 4.78 is 5.20. The summed E-state index contributed by atoms with van der Waals surface area (Å²) in [5, 5.41) is 2.94. The zero-order valence-corrected chi connectivity index (χ0v) is 20.5. The molecule has 0 saturated carbocycles. The number of nitrogens with one attached hydrogen (secondary N) is 1. The highest BCUT2D eigenvalue weighted by Gasteiger charge is 2.47. The maximum Gasteiger partial charge on any atom is 0.242 e. The number of rotatable bonds is 10. The van der Waals surface area contributed by atoms with Crippen LogP contribution >= 0.6 is 0 Å². The molecule has 4 atom stereocenters. The van der Waals surface area contributed by atoms with Crippen LogP contribution in [0.1, 0.15) is 52.0 Å². The van der Waals surface area contributed by atoms with Gasteiger partial charge in [0.25, 0.3) is 0 Å². The first-order chi connectivity index (χ1) is 16.3. The lowest BCUT2D eigenvalue weighted by atomic mass is 9.85. The summed E-state index contributed by atoms with van der Waals surface area (Å²) in [4.78, 5) is 54.4. The van der Waals surface area contributed by atoms with Gasteiger partial charge in [0.2, 0.25) is 23.6 Å². The first-order valence-corrected chi connectivity index (χ1v) is 12.0. The van der Waals surface area contributed by atoms with Crippen LogP contribution in [0.4, 0.5) is 0 Å². The van der Waals surface area contributed by atoms with Crippen LogP contribution in [0.25, 0.3) is 0 Å². The van der Waals surface area contributed by atoms with E-state index in [0.717, 1.165) is 12.0 Å². The zero-order chi connectivity index (χ0) is 24.8. The number of carbonyl (C=O) groups excluding carboxylic acids is 4. The minimum Gasteiger partial charge on any atom is -0.497 e. The van der Waals surface area contributed by atoms with Gasteiger partial charge in [0.05, 0.1) is 18.9 Å². The fourth-order valence-corrected chi connectivity index (χ4v) is 4.42. The Kier molecular flexibility index (Phi) is 8.47. The average Bonchev–Trinajstić information content (AvgIpc) is 3.10. The van der Waals surface area contributed by atoms with Gasteiger partial charge in [0, 0.05) is 25.6 Å². The minimum atomic E-state index is -0.708. The molecule has 1 aliphatic carbocycles. The van der Waals surface area contributed by atoms with Crippen LogP contribution in [-0.2, 0) is 25.7 Å². The summed E-state index contributed by atoms with van der Waals surface area (Å²) in [6, 6.07) is 6.59. The Morgan fingerprint density at radius 3 is 2.21 bits per heavy atom. The summed E-state index contributed by atoms with van der Waals surface area (Å²) in [7, 11) is 1.58. The van der Waals surface area contributed by atoms with Crippen LogP contribution in [0, 0.1) is 11.8 Å². The van der Waals surface area contributed by atoms with Crippen molar-refractivity contribution in [2.75, 3.05) is 13.7 Å². The Morgan fingerprint density at radius 2 is 1.68 bits per heavy atom. The van der Waals surface area contributed by atoms with Crippen molar-refractivity contribution in [3.63, 3.8) is 0 Å². The van der Waals surface area contributed by atoms with E-state index in [2.05, 4.69) is 5.32 Å². The van der Waals surface area contributed by atoms with Crippen molar-refractivity contribution in [3.05, 3.63) is 42.0 Å². The van der Waals surface area contributed by atoms with Crippen LogP contribution in [0.5, 0.6) is 5.75 Å². The van der Waals surface area contributed by atoms with Crippen LogP contribution in [0.15, 0.2) is 36.4 Å². The van der Waals surface area contributed by atoms with Crippen LogP contribution in [-0.4, -0.2) is 59.2 Å². The Bertz CT molecular complexity index is 916. The molecule has 8 heteroatoms. The number of ether oxygens (including phenoxy) is 1. The Morgan fingerprint density at radius 1 is 1.09 bits per heavy atom. The number of likely N-dealkylation sites (tertiary alicyclic amines) is 1. The van der Waals surface area contributed by atoms with Gasteiger partial charge in [-0.15, -0.1) is 0 Å². The second kappa shape index (κ2) is 11.3. The van der Waals surface area contributed by atoms with Gasteiger partial charge in [0.1, 0.15) is 11.8 Å². The molecule has 0 unspecified atom stereocenters. The SMILES string of the molecule is CC[C@@H](C)NC(=O)[C@@H](C)N(Cc1ccc(OC)cc1)C(=O)CCN1C(=O)[C@H]2CC=CC[C@H]2C1=O. The Labute approximate surface area is 201 Å². The summed E-state index contributed by atoms with van der Waals surface area (Å²) in [6.45, 7) is 5.86. The number of fused-ring (bicyclic) bond motifs is 1. The van der Waals surface area contributed by atoms with Gasteiger partial charge in [-0.3, -0.25) is 24.1 Å². The van der Waals surface area contributed by atoms with E-state index in [4.69, 9.17) is 4.74 Å². The van der Waals surface area contributed by atoms with E-state index < -0.39 is 6.04 Å². The van der Waals surface area contributed by atoms with E-state index in [1.165, 1.54) is 9.80 Å². The standard InChI is InChI=1S/C26H35N3O5/c1-5-17(2)27-24(31)18(3)29(16-19-10-12-20(34-4)13-11-19)23(30)14-15-28-25(32)21-8-6-7-9-22(21)26(28)33/h6-7,10-13,17-18,21-22H,5,8-9,14-16H2,1-4H3,(H,27,31)/t17-,18-,21-,22+/m1/s1. The first kappa shape index (κ1) is 25.5.